The average molecular weight is 368 g/mol. The first kappa shape index (κ1) is 16.7. The molecule has 2 aromatic carbocycles. The van der Waals surface area contributed by atoms with Gasteiger partial charge in [0.2, 0.25) is 6.79 Å². The van der Waals surface area contributed by atoms with Gasteiger partial charge in [-0.05, 0) is 36.8 Å². The molecular weight excluding hydrogens is 353 g/mol. The Morgan fingerprint density at radius 1 is 1.25 bits per heavy atom. The first-order valence-corrected chi connectivity index (χ1v) is 8.06. The standard InChI is InChI=1S/C17H15Cl2NO4/c1-10(11-5-6-13-15(7-11)24-9-23-13)20-16(21)8-22-14-4-2-3-12(18)17(14)19/h2-7,10H,8-9H2,1H3,(H,20,21)/t10-/m1/s1. The SMILES string of the molecule is C[C@@H](NC(=O)COc1cccc(Cl)c1Cl)c1ccc2c(c1)OCO2. The van der Waals surface area contributed by atoms with Crippen LogP contribution in [-0.4, -0.2) is 19.3 Å². The molecule has 5 nitrogen and oxygen atoms in total. The number of hydrogen-bond donors (Lipinski definition) is 1. The highest BCUT2D eigenvalue weighted by molar-refractivity contribution is 6.42. The predicted molar refractivity (Wildman–Crippen MR) is 91.1 cm³/mol. The number of halogens is 2. The molecule has 1 amide bonds. The first-order valence-electron chi connectivity index (χ1n) is 7.30. The molecule has 0 bridgehead atoms. The molecule has 0 radical (unpaired) electrons. The van der Waals surface area contributed by atoms with Crippen molar-refractivity contribution >= 4 is 29.1 Å². The molecule has 0 fully saturated rings. The van der Waals surface area contributed by atoms with Crippen LogP contribution in [0.1, 0.15) is 18.5 Å². The second-order valence-corrected chi connectivity index (χ2v) is 6.03. The minimum Gasteiger partial charge on any atom is -0.482 e. The number of amides is 1. The van der Waals surface area contributed by atoms with Gasteiger partial charge in [-0.2, -0.15) is 0 Å². The first-order chi connectivity index (χ1) is 11.5. The predicted octanol–water partition coefficient (Wildman–Crippen LogP) is 3.98. The minimum atomic E-state index is -0.267. The molecule has 1 aliphatic rings. The normalized spacial score (nSPS) is 13.5. The lowest BCUT2D eigenvalue weighted by molar-refractivity contribution is -0.123. The van der Waals surface area contributed by atoms with E-state index in [0.29, 0.717) is 22.3 Å². The van der Waals surface area contributed by atoms with Gasteiger partial charge in [0.1, 0.15) is 10.8 Å². The van der Waals surface area contributed by atoms with E-state index < -0.39 is 0 Å². The summed E-state index contributed by atoms with van der Waals surface area (Å²) in [5.74, 6) is 1.48. The average Bonchev–Trinajstić information content (AvgIpc) is 3.03. The third-order valence-corrected chi connectivity index (χ3v) is 4.35. The van der Waals surface area contributed by atoms with E-state index in [0.717, 1.165) is 5.56 Å². The summed E-state index contributed by atoms with van der Waals surface area (Å²) < 4.78 is 16.0. The molecular formula is C17H15Cl2NO4. The summed E-state index contributed by atoms with van der Waals surface area (Å²) in [5.41, 5.74) is 0.911. The van der Waals surface area contributed by atoms with Gasteiger partial charge in [0, 0.05) is 0 Å². The van der Waals surface area contributed by atoms with Crippen LogP contribution in [0.3, 0.4) is 0 Å². The quantitative estimate of drug-likeness (QED) is 0.868. The maximum Gasteiger partial charge on any atom is 0.258 e. The lowest BCUT2D eigenvalue weighted by atomic mass is 10.1. The van der Waals surface area contributed by atoms with E-state index in [1.807, 2.05) is 25.1 Å². The van der Waals surface area contributed by atoms with Gasteiger partial charge in [0.15, 0.2) is 18.1 Å². The number of benzene rings is 2. The highest BCUT2D eigenvalue weighted by Gasteiger charge is 2.17. The van der Waals surface area contributed by atoms with Crippen LogP contribution in [0.15, 0.2) is 36.4 Å². The van der Waals surface area contributed by atoms with Crippen molar-refractivity contribution in [1.82, 2.24) is 5.32 Å². The molecule has 2 aromatic rings. The van der Waals surface area contributed by atoms with Gasteiger partial charge >= 0.3 is 0 Å². The summed E-state index contributed by atoms with van der Waals surface area (Å²) in [6.45, 7) is 1.94. The highest BCUT2D eigenvalue weighted by atomic mass is 35.5. The van der Waals surface area contributed by atoms with E-state index in [2.05, 4.69) is 5.32 Å². The third-order valence-electron chi connectivity index (χ3n) is 3.55. The summed E-state index contributed by atoms with van der Waals surface area (Å²) in [5, 5.41) is 3.52. The maximum absolute atomic E-state index is 12.1. The summed E-state index contributed by atoms with van der Waals surface area (Å²) in [7, 11) is 0. The summed E-state index contributed by atoms with van der Waals surface area (Å²) in [4.78, 5) is 12.1. The molecule has 1 atom stereocenters. The molecule has 0 aromatic heterocycles. The molecule has 1 aliphatic heterocycles. The second kappa shape index (κ2) is 7.20. The molecule has 7 heteroatoms. The van der Waals surface area contributed by atoms with E-state index >= 15 is 0 Å². The molecule has 3 rings (SSSR count). The minimum absolute atomic E-state index is 0.158. The molecule has 0 saturated heterocycles. The Balaban J connectivity index is 1.57. The number of carbonyl (C=O) groups is 1. The van der Waals surface area contributed by atoms with E-state index in [4.69, 9.17) is 37.4 Å². The van der Waals surface area contributed by atoms with Crippen LogP contribution in [0.5, 0.6) is 17.2 Å². The molecule has 24 heavy (non-hydrogen) atoms. The molecule has 1 N–H and O–H groups in total. The summed E-state index contributed by atoms with van der Waals surface area (Å²) in [6, 6.07) is 10.4. The number of rotatable bonds is 5. The van der Waals surface area contributed by atoms with Gasteiger partial charge in [-0.3, -0.25) is 4.79 Å². The number of nitrogens with one attached hydrogen (secondary N) is 1. The molecule has 0 aliphatic carbocycles. The zero-order valence-electron chi connectivity index (χ0n) is 12.8. The Morgan fingerprint density at radius 2 is 2.04 bits per heavy atom. The maximum atomic E-state index is 12.1. The van der Waals surface area contributed by atoms with Crippen molar-refractivity contribution in [3.8, 4) is 17.2 Å². The van der Waals surface area contributed by atoms with Crippen molar-refractivity contribution in [1.29, 1.82) is 0 Å². The van der Waals surface area contributed by atoms with Crippen LogP contribution in [0.2, 0.25) is 10.0 Å². The fraction of sp³-hybridized carbons (Fsp3) is 0.235. The number of hydrogen-bond acceptors (Lipinski definition) is 4. The fourth-order valence-corrected chi connectivity index (χ4v) is 2.63. The third kappa shape index (κ3) is 3.68. The van der Waals surface area contributed by atoms with Crippen molar-refractivity contribution in [3.05, 3.63) is 52.0 Å². The fourth-order valence-electron chi connectivity index (χ4n) is 2.29. The van der Waals surface area contributed by atoms with E-state index in [1.54, 1.807) is 18.2 Å². The Bertz CT molecular complexity index is 766. The lowest BCUT2D eigenvalue weighted by Crippen LogP contribution is -2.31. The summed E-state index contributed by atoms with van der Waals surface area (Å²) >= 11 is 11.9. The van der Waals surface area contributed by atoms with Crippen molar-refractivity contribution in [2.75, 3.05) is 13.4 Å². The molecule has 0 spiro atoms. The Labute approximate surface area is 149 Å². The molecule has 0 unspecified atom stereocenters. The van der Waals surface area contributed by atoms with Gasteiger partial charge in [0.05, 0.1) is 11.1 Å². The Hall–Kier alpha value is -2.11. The Morgan fingerprint density at radius 3 is 2.88 bits per heavy atom. The van der Waals surface area contributed by atoms with Crippen molar-refractivity contribution < 1.29 is 19.0 Å². The van der Waals surface area contributed by atoms with Crippen molar-refractivity contribution in [2.45, 2.75) is 13.0 Å². The van der Waals surface area contributed by atoms with Crippen LogP contribution in [-0.2, 0) is 4.79 Å². The van der Waals surface area contributed by atoms with Crippen LogP contribution in [0, 0.1) is 0 Å². The topological polar surface area (TPSA) is 56.8 Å². The second-order valence-electron chi connectivity index (χ2n) is 5.24. The zero-order chi connectivity index (χ0) is 17.1. The van der Waals surface area contributed by atoms with Crippen LogP contribution in [0.4, 0.5) is 0 Å². The number of ether oxygens (including phenoxy) is 3. The van der Waals surface area contributed by atoms with Gasteiger partial charge in [0.25, 0.3) is 5.91 Å². The van der Waals surface area contributed by atoms with Crippen molar-refractivity contribution in [2.24, 2.45) is 0 Å². The van der Waals surface area contributed by atoms with E-state index in [1.165, 1.54) is 0 Å². The van der Waals surface area contributed by atoms with E-state index in [-0.39, 0.29) is 30.4 Å². The lowest BCUT2D eigenvalue weighted by Gasteiger charge is -2.15. The number of carbonyl (C=O) groups excluding carboxylic acids is 1. The smallest absolute Gasteiger partial charge is 0.258 e. The summed E-state index contributed by atoms with van der Waals surface area (Å²) in [6.07, 6.45) is 0. The van der Waals surface area contributed by atoms with Gasteiger partial charge in [-0.1, -0.05) is 35.3 Å². The highest BCUT2D eigenvalue weighted by Crippen LogP contribution is 2.34. The molecule has 1 heterocycles. The largest absolute Gasteiger partial charge is 0.482 e. The Kier molecular flexibility index (Phi) is 5.02. The van der Waals surface area contributed by atoms with E-state index in [9.17, 15) is 4.79 Å². The monoisotopic (exact) mass is 367 g/mol. The van der Waals surface area contributed by atoms with Gasteiger partial charge < -0.3 is 19.5 Å². The number of fused-ring (bicyclic) bond motifs is 1. The van der Waals surface area contributed by atoms with Crippen molar-refractivity contribution in [3.63, 3.8) is 0 Å². The molecule has 0 saturated carbocycles. The van der Waals surface area contributed by atoms with Crippen LogP contribution >= 0.6 is 23.2 Å². The molecule has 126 valence electrons. The van der Waals surface area contributed by atoms with Crippen LogP contribution < -0.4 is 19.5 Å². The van der Waals surface area contributed by atoms with Gasteiger partial charge in [-0.15, -0.1) is 0 Å². The van der Waals surface area contributed by atoms with Gasteiger partial charge in [-0.25, -0.2) is 0 Å². The van der Waals surface area contributed by atoms with Crippen LogP contribution in [0.25, 0.3) is 0 Å². The zero-order valence-corrected chi connectivity index (χ0v) is 14.4.